The lowest BCUT2D eigenvalue weighted by atomic mass is 10.2. The first-order valence-corrected chi connectivity index (χ1v) is 6.87. The fourth-order valence-electron chi connectivity index (χ4n) is 2.18. The van der Waals surface area contributed by atoms with E-state index in [4.69, 9.17) is 5.73 Å². The number of aromatic amines is 1. The Morgan fingerprint density at radius 1 is 1.24 bits per heavy atom. The van der Waals surface area contributed by atoms with Crippen LogP contribution in [0, 0.1) is 0 Å². The highest BCUT2D eigenvalue weighted by atomic mass is 16.1. The summed E-state index contributed by atoms with van der Waals surface area (Å²) in [5, 5.41) is 4.85. The van der Waals surface area contributed by atoms with E-state index in [0.717, 1.165) is 18.1 Å². The minimum Gasteiger partial charge on any atom is -0.399 e. The van der Waals surface area contributed by atoms with Crippen LogP contribution in [-0.4, -0.2) is 24.7 Å². The van der Waals surface area contributed by atoms with Gasteiger partial charge >= 0.3 is 0 Å². The van der Waals surface area contributed by atoms with Crippen LogP contribution < -0.4 is 11.3 Å². The Kier molecular flexibility index (Phi) is 3.17. The number of benzene rings is 1. The maximum absolute atomic E-state index is 12.2. The van der Waals surface area contributed by atoms with Gasteiger partial charge in [-0.15, -0.1) is 5.10 Å². The molecule has 0 unspecified atom stereocenters. The molecular weight excluding hydrogens is 268 g/mol. The van der Waals surface area contributed by atoms with Gasteiger partial charge in [-0.25, -0.2) is 9.97 Å². The predicted molar refractivity (Wildman–Crippen MR) is 80.4 cm³/mol. The Hall–Kier alpha value is -2.70. The summed E-state index contributed by atoms with van der Waals surface area (Å²) in [6, 6.07) is 5.06. The van der Waals surface area contributed by atoms with Crippen LogP contribution in [-0.2, 0) is 12.8 Å². The highest BCUT2D eigenvalue weighted by Gasteiger charge is 2.12. The molecule has 0 aliphatic rings. The van der Waals surface area contributed by atoms with Crippen molar-refractivity contribution in [2.24, 2.45) is 0 Å². The fourth-order valence-corrected chi connectivity index (χ4v) is 2.18. The van der Waals surface area contributed by atoms with Gasteiger partial charge in [0.1, 0.15) is 5.82 Å². The number of hydrogen-bond donors (Lipinski definition) is 2. The largest absolute Gasteiger partial charge is 0.399 e. The van der Waals surface area contributed by atoms with Crippen LogP contribution in [0.1, 0.15) is 25.5 Å². The number of aromatic nitrogens is 5. The van der Waals surface area contributed by atoms with E-state index in [1.165, 1.54) is 0 Å². The molecule has 3 rings (SSSR count). The second-order valence-corrected chi connectivity index (χ2v) is 4.73. The average molecular weight is 284 g/mol. The molecule has 7 heteroatoms. The predicted octanol–water partition coefficient (Wildman–Crippen LogP) is 1.21. The third kappa shape index (κ3) is 2.26. The normalized spacial score (nSPS) is 11.1. The minimum atomic E-state index is -0.238. The summed E-state index contributed by atoms with van der Waals surface area (Å²) in [6.45, 7) is 3.97. The molecule has 2 heterocycles. The van der Waals surface area contributed by atoms with E-state index in [1.807, 2.05) is 13.8 Å². The lowest BCUT2D eigenvalue weighted by Gasteiger charge is -2.05. The number of nitrogens with one attached hydrogen (secondary N) is 1. The second kappa shape index (κ2) is 5.01. The van der Waals surface area contributed by atoms with Crippen molar-refractivity contribution in [3.63, 3.8) is 0 Å². The summed E-state index contributed by atoms with van der Waals surface area (Å²) in [5.74, 6) is 1.87. The molecule has 0 spiro atoms. The quantitative estimate of drug-likeness (QED) is 0.704. The van der Waals surface area contributed by atoms with Crippen LogP contribution in [0.25, 0.3) is 16.9 Å². The molecule has 0 aliphatic carbocycles. The zero-order valence-electron chi connectivity index (χ0n) is 11.9. The molecule has 21 heavy (non-hydrogen) atoms. The van der Waals surface area contributed by atoms with Crippen molar-refractivity contribution in [3.05, 3.63) is 40.2 Å². The monoisotopic (exact) mass is 284 g/mol. The highest BCUT2D eigenvalue weighted by Crippen LogP contribution is 2.13. The smallest absolute Gasteiger partial charge is 0.260 e. The maximum Gasteiger partial charge on any atom is 0.260 e. The number of nitrogen functional groups attached to an aromatic ring is 1. The Bertz CT molecular complexity index is 864. The van der Waals surface area contributed by atoms with Crippen molar-refractivity contribution >= 4 is 16.6 Å². The Labute approximate surface area is 120 Å². The van der Waals surface area contributed by atoms with Gasteiger partial charge in [0.2, 0.25) is 5.95 Å². The first-order valence-electron chi connectivity index (χ1n) is 6.87. The molecule has 0 bridgehead atoms. The fraction of sp³-hybridized carbons (Fsp3) is 0.286. The Morgan fingerprint density at radius 3 is 2.76 bits per heavy atom. The van der Waals surface area contributed by atoms with Crippen molar-refractivity contribution < 1.29 is 0 Å². The van der Waals surface area contributed by atoms with Crippen LogP contribution in [0.2, 0.25) is 0 Å². The highest BCUT2D eigenvalue weighted by molar-refractivity contribution is 5.81. The molecule has 2 aromatic heterocycles. The maximum atomic E-state index is 12.2. The van der Waals surface area contributed by atoms with Gasteiger partial charge in [-0.3, -0.25) is 9.78 Å². The lowest BCUT2D eigenvalue weighted by Crippen LogP contribution is -2.16. The molecule has 0 radical (unpaired) electrons. The number of anilines is 1. The molecule has 0 atom stereocenters. The van der Waals surface area contributed by atoms with E-state index in [2.05, 4.69) is 20.1 Å². The van der Waals surface area contributed by atoms with E-state index >= 15 is 0 Å². The van der Waals surface area contributed by atoms with Gasteiger partial charge in [0, 0.05) is 18.5 Å². The number of aryl methyl sites for hydroxylation is 2. The molecule has 3 N–H and O–H groups in total. The summed E-state index contributed by atoms with van der Waals surface area (Å²) < 4.78 is 1.59. The van der Waals surface area contributed by atoms with Crippen molar-refractivity contribution in [3.8, 4) is 5.95 Å². The van der Waals surface area contributed by atoms with Gasteiger partial charge in [-0.2, -0.15) is 4.68 Å². The number of H-pyrrole nitrogens is 1. The first kappa shape index (κ1) is 13.3. The molecule has 0 saturated carbocycles. The standard InChI is InChI=1S/C14H16N6O/c1-3-11-17-12(4-2)20(19-11)14-16-10-6-5-8(15)7-9(10)13(21)18-14/h5-7H,3-4,15H2,1-2H3,(H,16,18,21). The number of nitrogens with two attached hydrogens (primary N) is 1. The first-order chi connectivity index (χ1) is 10.1. The molecule has 0 saturated heterocycles. The van der Waals surface area contributed by atoms with Crippen LogP contribution in [0.3, 0.4) is 0 Å². The molecule has 0 fully saturated rings. The Morgan fingerprint density at radius 2 is 2.05 bits per heavy atom. The molecule has 3 aromatic rings. The van der Waals surface area contributed by atoms with Crippen molar-refractivity contribution in [2.45, 2.75) is 26.7 Å². The van der Waals surface area contributed by atoms with E-state index in [1.54, 1.807) is 22.9 Å². The third-order valence-electron chi connectivity index (χ3n) is 3.27. The van der Waals surface area contributed by atoms with Gasteiger partial charge in [0.05, 0.1) is 10.9 Å². The van der Waals surface area contributed by atoms with E-state index < -0.39 is 0 Å². The molecule has 7 nitrogen and oxygen atoms in total. The Balaban J connectivity index is 2.24. The van der Waals surface area contributed by atoms with Gasteiger partial charge in [0.15, 0.2) is 5.82 Å². The summed E-state index contributed by atoms with van der Waals surface area (Å²) in [7, 11) is 0. The summed E-state index contributed by atoms with van der Waals surface area (Å²) in [4.78, 5) is 23.8. The van der Waals surface area contributed by atoms with Crippen LogP contribution in [0.4, 0.5) is 5.69 Å². The van der Waals surface area contributed by atoms with Gasteiger partial charge in [0.25, 0.3) is 5.56 Å². The number of rotatable bonds is 3. The van der Waals surface area contributed by atoms with Crippen molar-refractivity contribution in [1.82, 2.24) is 24.7 Å². The second-order valence-electron chi connectivity index (χ2n) is 4.73. The van der Waals surface area contributed by atoms with Gasteiger partial charge in [-0.1, -0.05) is 13.8 Å². The van der Waals surface area contributed by atoms with Gasteiger partial charge < -0.3 is 5.73 Å². The van der Waals surface area contributed by atoms with E-state index in [9.17, 15) is 4.79 Å². The summed E-state index contributed by atoms with van der Waals surface area (Å²) in [6.07, 6.45) is 1.44. The van der Waals surface area contributed by atoms with Crippen molar-refractivity contribution in [1.29, 1.82) is 0 Å². The summed E-state index contributed by atoms with van der Waals surface area (Å²) >= 11 is 0. The molecule has 0 aliphatic heterocycles. The molecular formula is C14H16N6O. The lowest BCUT2D eigenvalue weighted by molar-refractivity contribution is 0.744. The minimum absolute atomic E-state index is 0.238. The zero-order valence-corrected chi connectivity index (χ0v) is 11.9. The van der Waals surface area contributed by atoms with Crippen LogP contribution >= 0.6 is 0 Å². The van der Waals surface area contributed by atoms with Crippen LogP contribution in [0.5, 0.6) is 0 Å². The topological polar surface area (TPSA) is 102 Å². The average Bonchev–Trinajstić information content (AvgIpc) is 2.91. The zero-order chi connectivity index (χ0) is 15.0. The SMILES string of the molecule is CCc1nc(CC)n(-c2nc3ccc(N)cc3c(=O)[nH]2)n1. The number of fused-ring (bicyclic) bond motifs is 1. The molecule has 1 aromatic carbocycles. The summed E-state index contributed by atoms with van der Waals surface area (Å²) in [5.41, 5.74) is 6.58. The van der Waals surface area contributed by atoms with Crippen molar-refractivity contribution in [2.75, 3.05) is 5.73 Å². The number of nitrogens with zero attached hydrogens (tertiary/aromatic N) is 4. The van der Waals surface area contributed by atoms with Gasteiger partial charge in [-0.05, 0) is 18.2 Å². The number of hydrogen-bond acceptors (Lipinski definition) is 5. The third-order valence-corrected chi connectivity index (χ3v) is 3.27. The van der Waals surface area contributed by atoms with E-state index in [-0.39, 0.29) is 5.56 Å². The van der Waals surface area contributed by atoms with E-state index in [0.29, 0.717) is 29.0 Å². The van der Waals surface area contributed by atoms with Crippen LogP contribution in [0.15, 0.2) is 23.0 Å². The molecule has 0 amide bonds. The molecule has 108 valence electrons.